The number of rotatable bonds is 5. The molecule has 3 atom stereocenters. The number of benzene rings is 1. The number of amides is 1. The molecular formula is C20H34N4O. The summed E-state index contributed by atoms with van der Waals surface area (Å²) in [6.45, 7) is 9.48. The molecule has 2 rings (SSSR count). The summed E-state index contributed by atoms with van der Waals surface area (Å²) >= 11 is 0. The van der Waals surface area contributed by atoms with Gasteiger partial charge in [-0.1, -0.05) is 50.6 Å². The van der Waals surface area contributed by atoms with Gasteiger partial charge < -0.3 is 4.90 Å². The lowest BCUT2D eigenvalue weighted by atomic mass is 9.84. The molecule has 1 heterocycles. The predicted octanol–water partition coefficient (Wildman–Crippen LogP) is 2.34. The molecule has 3 unspecified atom stereocenters. The molecule has 1 saturated heterocycles. The molecule has 0 aromatic heterocycles. The molecule has 2 N–H and O–H groups in total. The number of likely N-dealkylation sites (N-methyl/N-ethyl adjacent to an activating group) is 2. The largest absolute Gasteiger partial charge is 0.342 e. The molecule has 5 nitrogen and oxygen atoms in total. The molecule has 25 heavy (non-hydrogen) atoms. The SMILES string of the molecule is Cc1cccc(C(C(=O)N(C)CC2CC(C(C)(C)C)NN2)N(C)C)c1. The lowest BCUT2D eigenvalue weighted by molar-refractivity contribution is -0.135. The highest BCUT2D eigenvalue weighted by atomic mass is 16.2. The van der Waals surface area contributed by atoms with Crippen molar-refractivity contribution < 1.29 is 4.79 Å². The van der Waals surface area contributed by atoms with Crippen LogP contribution in [0, 0.1) is 12.3 Å². The van der Waals surface area contributed by atoms with Crippen molar-refractivity contribution in [3.05, 3.63) is 35.4 Å². The third kappa shape index (κ3) is 5.03. The van der Waals surface area contributed by atoms with Gasteiger partial charge in [-0.2, -0.15) is 0 Å². The second-order valence-corrected chi connectivity index (χ2v) is 8.64. The number of carbonyl (C=O) groups excluding carboxylic acids is 1. The highest BCUT2D eigenvalue weighted by molar-refractivity contribution is 5.83. The number of carbonyl (C=O) groups is 1. The van der Waals surface area contributed by atoms with Crippen molar-refractivity contribution in [2.45, 2.75) is 52.2 Å². The van der Waals surface area contributed by atoms with E-state index in [1.54, 1.807) is 0 Å². The smallest absolute Gasteiger partial charge is 0.244 e. The van der Waals surface area contributed by atoms with Gasteiger partial charge in [-0.05, 0) is 38.4 Å². The van der Waals surface area contributed by atoms with Crippen LogP contribution in [0.4, 0.5) is 0 Å². The molecule has 1 aliphatic heterocycles. The van der Waals surface area contributed by atoms with Crippen molar-refractivity contribution in [3.63, 3.8) is 0 Å². The van der Waals surface area contributed by atoms with Gasteiger partial charge >= 0.3 is 0 Å². The normalized spacial score (nSPS) is 22.2. The van der Waals surface area contributed by atoms with Crippen LogP contribution in [-0.2, 0) is 4.79 Å². The maximum absolute atomic E-state index is 13.1. The van der Waals surface area contributed by atoms with Crippen LogP contribution < -0.4 is 10.9 Å². The fourth-order valence-electron chi connectivity index (χ4n) is 3.44. The van der Waals surface area contributed by atoms with Crippen molar-refractivity contribution in [3.8, 4) is 0 Å². The van der Waals surface area contributed by atoms with Crippen molar-refractivity contribution in [2.24, 2.45) is 5.41 Å². The number of hydrazine groups is 1. The first-order valence-corrected chi connectivity index (χ1v) is 9.08. The molecule has 1 fully saturated rings. The molecule has 0 bridgehead atoms. The number of nitrogens with zero attached hydrogens (tertiary/aromatic N) is 2. The summed E-state index contributed by atoms with van der Waals surface area (Å²) in [5.41, 5.74) is 9.17. The van der Waals surface area contributed by atoms with Crippen LogP contribution in [0.15, 0.2) is 24.3 Å². The van der Waals surface area contributed by atoms with Gasteiger partial charge in [0.1, 0.15) is 6.04 Å². The van der Waals surface area contributed by atoms with E-state index >= 15 is 0 Å². The zero-order chi connectivity index (χ0) is 18.8. The Morgan fingerprint density at radius 3 is 2.44 bits per heavy atom. The summed E-state index contributed by atoms with van der Waals surface area (Å²) in [5.74, 6) is 0.136. The van der Waals surface area contributed by atoms with Crippen molar-refractivity contribution in [2.75, 3.05) is 27.7 Å². The third-order valence-electron chi connectivity index (χ3n) is 5.01. The molecular weight excluding hydrogens is 312 g/mol. The van der Waals surface area contributed by atoms with Crippen LogP contribution in [0.2, 0.25) is 0 Å². The minimum Gasteiger partial charge on any atom is -0.342 e. The number of hydrogen-bond donors (Lipinski definition) is 2. The van der Waals surface area contributed by atoms with Gasteiger partial charge in [-0.3, -0.25) is 20.5 Å². The molecule has 140 valence electrons. The Balaban J connectivity index is 2.05. The summed E-state index contributed by atoms with van der Waals surface area (Å²) in [6.07, 6.45) is 1.03. The second kappa shape index (κ2) is 7.85. The average Bonchev–Trinajstić information content (AvgIpc) is 2.95. The molecule has 1 aromatic rings. The van der Waals surface area contributed by atoms with Crippen LogP contribution >= 0.6 is 0 Å². The third-order valence-corrected chi connectivity index (χ3v) is 5.01. The van der Waals surface area contributed by atoms with E-state index in [4.69, 9.17) is 0 Å². The summed E-state index contributed by atoms with van der Waals surface area (Å²) in [5, 5.41) is 0. The minimum absolute atomic E-state index is 0.136. The second-order valence-electron chi connectivity index (χ2n) is 8.64. The number of nitrogens with one attached hydrogen (secondary N) is 2. The van der Waals surface area contributed by atoms with E-state index < -0.39 is 0 Å². The van der Waals surface area contributed by atoms with E-state index in [-0.39, 0.29) is 23.4 Å². The van der Waals surface area contributed by atoms with Gasteiger partial charge in [-0.25, -0.2) is 0 Å². The van der Waals surface area contributed by atoms with Gasteiger partial charge in [-0.15, -0.1) is 0 Å². The topological polar surface area (TPSA) is 47.6 Å². The van der Waals surface area contributed by atoms with E-state index in [0.717, 1.165) is 12.0 Å². The lowest BCUT2D eigenvalue weighted by Crippen LogP contribution is -2.45. The fourth-order valence-corrected chi connectivity index (χ4v) is 3.44. The molecule has 1 aliphatic rings. The Kier molecular flexibility index (Phi) is 6.25. The van der Waals surface area contributed by atoms with Gasteiger partial charge in [0.2, 0.25) is 5.91 Å². The average molecular weight is 347 g/mol. The van der Waals surface area contributed by atoms with Crippen LogP contribution in [0.1, 0.15) is 44.4 Å². The van der Waals surface area contributed by atoms with Crippen LogP contribution in [-0.4, -0.2) is 55.5 Å². The highest BCUT2D eigenvalue weighted by Gasteiger charge is 2.34. The van der Waals surface area contributed by atoms with Crippen molar-refractivity contribution in [1.82, 2.24) is 20.7 Å². The molecule has 1 aromatic carbocycles. The molecule has 0 aliphatic carbocycles. The van der Waals surface area contributed by atoms with Gasteiger partial charge in [0.25, 0.3) is 0 Å². The van der Waals surface area contributed by atoms with Crippen LogP contribution in [0.25, 0.3) is 0 Å². The molecule has 0 saturated carbocycles. The Morgan fingerprint density at radius 1 is 1.24 bits per heavy atom. The van der Waals surface area contributed by atoms with E-state index in [0.29, 0.717) is 12.6 Å². The van der Waals surface area contributed by atoms with Crippen LogP contribution in [0.5, 0.6) is 0 Å². The number of hydrogen-bond acceptors (Lipinski definition) is 4. The standard InChI is InChI=1S/C20H34N4O/c1-14-9-8-10-15(11-14)18(23(5)6)19(25)24(7)13-16-12-17(22-21-16)20(2,3)4/h8-11,16-18,21-22H,12-13H2,1-7H3. The van der Waals surface area contributed by atoms with Gasteiger partial charge in [0.15, 0.2) is 0 Å². The Labute approximate surface area is 152 Å². The lowest BCUT2D eigenvalue weighted by Gasteiger charge is -2.30. The first kappa shape index (κ1) is 19.9. The summed E-state index contributed by atoms with van der Waals surface area (Å²) in [6, 6.07) is 8.66. The molecule has 0 spiro atoms. The van der Waals surface area contributed by atoms with Crippen LogP contribution in [0.3, 0.4) is 0 Å². The highest BCUT2D eigenvalue weighted by Crippen LogP contribution is 2.26. The predicted molar refractivity (Wildman–Crippen MR) is 103 cm³/mol. The zero-order valence-corrected chi connectivity index (χ0v) is 16.8. The molecule has 5 heteroatoms. The van der Waals surface area contributed by atoms with E-state index in [9.17, 15) is 4.79 Å². The van der Waals surface area contributed by atoms with Crippen molar-refractivity contribution >= 4 is 5.91 Å². The summed E-state index contributed by atoms with van der Waals surface area (Å²) in [4.78, 5) is 16.9. The van der Waals surface area contributed by atoms with Gasteiger partial charge in [0, 0.05) is 25.7 Å². The first-order chi connectivity index (χ1) is 11.6. The Bertz CT molecular complexity index is 594. The van der Waals surface area contributed by atoms with Crippen molar-refractivity contribution in [1.29, 1.82) is 0 Å². The molecule has 0 radical (unpaired) electrons. The van der Waals surface area contributed by atoms with E-state index in [1.165, 1.54) is 5.56 Å². The van der Waals surface area contributed by atoms with Gasteiger partial charge in [0.05, 0.1) is 0 Å². The summed E-state index contributed by atoms with van der Waals surface area (Å²) < 4.78 is 0. The maximum atomic E-state index is 13.1. The quantitative estimate of drug-likeness (QED) is 0.859. The zero-order valence-electron chi connectivity index (χ0n) is 16.8. The summed E-state index contributed by atoms with van der Waals surface area (Å²) in [7, 11) is 5.83. The van der Waals surface area contributed by atoms with E-state index in [2.05, 4.69) is 50.7 Å². The monoisotopic (exact) mass is 346 g/mol. The Morgan fingerprint density at radius 2 is 1.92 bits per heavy atom. The number of aryl methyl sites for hydroxylation is 1. The fraction of sp³-hybridized carbons (Fsp3) is 0.650. The molecule has 1 amide bonds. The Hall–Kier alpha value is -1.43. The first-order valence-electron chi connectivity index (χ1n) is 9.08. The van der Waals surface area contributed by atoms with E-state index in [1.807, 2.05) is 43.1 Å². The maximum Gasteiger partial charge on any atom is 0.244 e. The minimum atomic E-state index is -0.252.